The number of hydrogen-bond acceptors (Lipinski definition) is 4. The summed E-state index contributed by atoms with van der Waals surface area (Å²) < 4.78 is 0. The van der Waals surface area contributed by atoms with Gasteiger partial charge in [0.05, 0.1) is 6.04 Å². The lowest BCUT2D eigenvalue weighted by Crippen LogP contribution is -2.56. The molecule has 3 aromatic carbocycles. The van der Waals surface area contributed by atoms with Gasteiger partial charge in [0, 0.05) is 34.6 Å². The highest BCUT2D eigenvalue weighted by Gasteiger charge is 2.33. The van der Waals surface area contributed by atoms with Crippen molar-refractivity contribution >= 4 is 22.6 Å². The molecule has 0 aliphatic carbocycles. The summed E-state index contributed by atoms with van der Waals surface area (Å²) in [4.78, 5) is 28.5. The number of hydrazine groups is 1. The molecule has 0 saturated heterocycles. The normalized spacial score (nSPS) is 13.0. The Hall–Kier alpha value is -3.22. The largest absolute Gasteiger partial charge is 0.332 e. The number of rotatable bonds is 9. The van der Waals surface area contributed by atoms with Crippen LogP contribution in [0.25, 0.3) is 10.8 Å². The van der Waals surface area contributed by atoms with Gasteiger partial charge in [0.15, 0.2) is 0 Å². The lowest BCUT2D eigenvalue weighted by atomic mass is 9.99. The molecule has 174 valence electrons. The molecule has 0 heterocycles. The summed E-state index contributed by atoms with van der Waals surface area (Å²) in [6.07, 6.45) is 0.993. The molecular formula is C27H34N4O2. The zero-order chi connectivity index (χ0) is 24.0. The molecule has 0 radical (unpaired) electrons. The van der Waals surface area contributed by atoms with E-state index in [9.17, 15) is 9.59 Å². The first-order chi connectivity index (χ1) is 15.8. The van der Waals surface area contributed by atoms with Gasteiger partial charge in [-0.25, -0.2) is 5.01 Å². The van der Waals surface area contributed by atoms with E-state index in [0.29, 0.717) is 12.8 Å². The molecule has 6 heteroatoms. The van der Waals surface area contributed by atoms with Crippen molar-refractivity contribution in [3.63, 3.8) is 0 Å². The van der Waals surface area contributed by atoms with Crippen LogP contribution in [0.3, 0.4) is 0 Å². The third kappa shape index (κ3) is 5.97. The van der Waals surface area contributed by atoms with Crippen LogP contribution < -0.4 is 5.32 Å². The summed E-state index contributed by atoms with van der Waals surface area (Å²) in [5.41, 5.74) is 2.09. The van der Waals surface area contributed by atoms with Gasteiger partial charge in [0.25, 0.3) is 5.91 Å². The molecule has 3 aromatic rings. The second-order valence-corrected chi connectivity index (χ2v) is 8.59. The summed E-state index contributed by atoms with van der Waals surface area (Å²) in [6.45, 7) is 0. The van der Waals surface area contributed by atoms with E-state index in [2.05, 4.69) is 35.6 Å². The van der Waals surface area contributed by atoms with Crippen LogP contribution in [0.1, 0.15) is 11.1 Å². The Balaban J connectivity index is 1.83. The standard InChI is InChI=1S/C27H34N4O2/c1-28-24(18-21-15-16-22-13-9-10-14-23(22)17-21)26(32)30(4)25(27(33)31(5)29(2)3)19-20-11-7-6-8-12-20/h6-17,24-25,28H,18-19H2,1-5H3/t24-,25-/m1/s1. The first-order valence-electron chi connectivity index (χ1n) is 11.2. The van der Waals surface area contributed by atoms with Crippen molar-refractivity contribution in [3.05, 3.63) is 83.9 Å². The summed E-state index contributed by atoms with van der Waals surface area (Å²) in [5.74, 6) is -0.229. The first-order valence-corrected chi connectivity index (χ1v) is 11.2. The number of likely N-dealkylation sites (N-methyl/N-ethyl adjacent to an activating group) is 3. The molecule has 0 aliphatic rings. The number of nitrogens with zero attached hydrogens (tertiary/aromatic N) is 3. The number of hydrogen-bond donors (Lipinski definition) is 1. The van der Waals surface area contributed by atoms with Gasteiger partial charge >= 0.3 is 0 Å². The number of carbonyl (C=O) groups is 2. The van der Waals surface area contributed by atoms with E-state index in [1.165, 1.54) is 5.39 Å². The second kappa shape index (κ2) is 11.1. The maximum absolute atomic E-state index is 13.5. The number of carbonyl (C=O) groups excluding carboxylic acids is 2. The highest BCUT2D eigenvalue weighted by molar-refractivity contribution is 5.90. The Labute approximate surface area is 196 Å². The molecule has 3 rings (SSSR count). The number of fused-ring (bicyclic) bond motifs is 1. The average Bonchev–Trinajstić information content (AvgIpc) is 2.84. The Morgan fingerprint density at radius 3 is 2.03 bits per heavy atom. The quantitative estimate of drug-likeness (QED) is 0.514. The number of amides is 2. The number of benzene rings is 3. The third-order valence-electron chi connectivity index (χ3n) is 6.19. The van der Waals surface area contributed by atoms with Crippen LogP contribution in [0.2, 0.25) is 0 Å². The maximum Gasteiger partial charge on any atom is 0.259 e. The van der Waals surface area contributed by atoms with Crippen molar-refractivity contribution < 1.29 is 9.59 Å². The first kappa shape index (κ1) is 24.4. The van der Waals surface area contributed by atoms with Crippen LogP contribution in [-0.2, 0) is 22.4 Å². The predicted octanol–water partition coefficient (Wildman–Crippen LogP) is 2.98. The Morgan fingerprint density at radius 2 is 1.39 bits per heavy atom. The van der Waals surface area contributed by atoms with E-state index in [-0.39, 0.29) is 11.8 Å². The summed E-state index contributed by atoms with van der Waals surface area (Å²) in [5, 5.41) is 8.76. The molecule has 0 unspecified atom stereocenters. The lowest BCUT2D eigenvalue weighted by Gasteiger charge is -2.35. The molecule has 33 heavy (non-hydrogen) atoms. The highest BCUT2D eigenvalue weighted by atomic mass is 16.2. The molecule has 6 nitrogen and oxygen atoms in total. The van der Waals surface area contributed by atoms with Crippen molar-refractivity contribution in [1.82, 2.24) is 20.2 Å². The summed E-state index contributed by atoms with van der Waals surface area (Å²) >= 11 is 0. The Bertz CT molecular complexity index is 1080. The topological polar surface area (TPSA) is 55.9 Å². The van der Waals surface area contributed by atoms with E-state index in [1.807, 2.05) is 56.6 Å². The van der Waals surface area contributed by atoms with Crippen LogP contribution in [0.4, 0.5) is 0 Å². The molecule has 0 spiro atoms. The summed E-state index contributed by atoms with van der Waals surface area (Å²) in [7, 11) is 8.87. The van der Waals surface area contributed by atoms with Gasteiger partial charge in [-0.1, -0.05) is 72.8 Å². The lowest BCUT2D eigenvalue weighted by molar-refractivity contribution is -0.152. The fraction of sp³-hybridized carbons (Fsp3) is 0.333. The van der Waals surface area contributed by atoms with Crippen LogP contribution in [0.5, 0.6) is 0 Å². The van der Waals surface area contributed by atoms with Crippen molar-refractivity contribution in [2.45, 2.75) is 24.9 Å². The fourth-order valence-corrected chi connectivity index (χ4v) is 3.95. The van der Waals surface area contributed by atoms with Gasteiger partial charge < -0.3 is 10.2 Å². The third-order valence-corrected chi connectivity index (χ3v) is 6.19. The van der Waals surface area contributed by atoms with Gasteiger partial charge in [-0.2, -0.15) is 0 Å². The van der Waals surface area contributed by atoms with E-state index in [0.717, 1.165) is 16.5 Å². The molecule has 2 amide bonds. The van der Waals surface area contributed by atoms with Crippen LogP contribution in [0.15, 0.2) is 72.8 Å². The van der Waals surface area contributed by atoms with Crippen molar-refractivity contribution in [1.29, 1.82) is 0 Å². The van der Waals surface area contributed by atoms with E-state index < -0.39 is 12.1 Å². The van der Waals surface area contributed by atoms with E-state index in [4.69, 9.17) is 0 Å². The highest BCUT2D eigenvalue weighted by Crippen LogP contribution is 2.18. The maximum atomic E-state index is 13.5. The monoisotopic (exact) mass is 446 g/mol. The fourth-order valence-electron chi connectivity index (χ4n) is 3.95. The van der Waals surface area contributed by atoms with Gasteiger partial charge in [0.2, 0.25) is 5.91 Å². The van der Waals surface area contributed by atoms with Gasteiger partial charge in [-0.05, 0) is 35.4 Å². The SMILES string of the molecule is CN[C@H](Cc1ccc2ccccc2c1)C(=O)N(C)[C@H](Cc1ccccc1)C(=O)N(C)N(C)C. The minimum atomic E-state index is -0.611. The van der Waals surface area contributed by atoms with Gasteiger partial charge in [-0.15, -0.1) is 0 Å². The molecular weight excluding hydrogens is 412 g/mol. The van der Waals surface area contributed by atoms with Crippen LogP contribution in [-0.4, -0.2) is 74.1 Å². The Morgan fingerprint density at radius 1 is 0.758 bits per heavy atom. The molecule has 0 fully saturated rings. The molecule has 0 aliphatic heterocycles. The zero-order valence-corrected chi connectivity index (χ0v) is 20.2. The molecule has 0 aromatic heterocycles. The smallest absolute Gasteiger partial charge is 0.259 e. The van der Waals surface area contributed by atoms with Crippen LogP contribution >= 0.6 is 0 Å². The second-order valence-electron chi connectivity index (χ2n) is 8.59. The minimum absolute atomic E-state index is 0.105. The van der Waals surface area contributed by atoms with Gasteiger partial charge in [0.1, 0.15) is 6.04 Å². The van der Waals surface area contributed by atoms with E-state index in [1.54, 1.807) is 36.1 Å². The van der Waals surface area contributed by atoms with Gasteiger partial charge in [-0.3, -0.25) is 14.6 Å². The van der Waals surface area contributed by atoms with Crippen molar-refractivity contribution in [2.24, 2.45) is 0 Å². The zero-order valence-electron chi connectivity index (χ0n) is 20.2. The molecule has 0 saturated carbocycles. The molecule has 1 N–H and O–H groups in total. The number of nitrogens with one attached hydrogen (secondary N) is 1. The van der Waals surface area contributed by atoms with Crippen molar-refractivity contribution in [2.75, 3.05) is 35.2 Å². The average molecular weight is 447 g/mol. The minimum Gasteiger partial charge on any atom is -0.332 e. The van der Waals surface area contributed by atoms with Crippen molar-refractivity contribution in [3.8, 4) is 0 Å². The van der Waals surface area contributed by atoms with Crippen LogP contribution in [0, 0.1) is 0 Å². The molecule has 2 atom stereocenters. The van der Waals surface area contributed by atoms with E-state index >= 15 is 0 Å². The predicted molar refractivity (Wildman–Crippen MR) is 134 cm³/mol. The molecule has 0 bridgehead atoms. The Kier molecular flexibility index (Phi) is 8.20. The summed E-state index contributed by atoms with van der Waals surface area (Å²) in [6, 6.07) is 23.2.